The van der Waals surface area contributed by atoms with E-state index in [0.29, 0.717) is 17.8 Å². The number of nitrogens with one attached hydrogen (secondary N) is 1. The number of fused-ring (bicyclic) bond motifs is 1. The monoisotopic (exact) mass is 486 g/mol. The first kappa shape index (κ1) is 23.0. The van der Waals surface area contributed by atoms with Gasteiger partial charge in [-0.3, -0.25) is 9.59 Å². The highest BCUT2D eigenvalue weighted by Crippen LogP contribution is 2.34. The van der Waals surface area contributed by atoms with Crippen LogP contribution in [0.2, 0.25) is 0 Å². The number of rotatable bonds is 5. The van der Waals surface area contributed by atoms with Crippen molar-refractivity contribution in [1.82, 2.24) is 24.8 Å². The van der Waals surface area contributed by atoms with E-state index < -0.39 is 0 Å². The first-order chi connectivity index (χ1) is 17.7. The van der Waals surface area contributed by atoms with Gasteiger partial charge in [0.1, 0.15) is 5.56 Å². The van der Waals surface area contributed by atoms with Crippen molar-refractivity contribution in [1.29, 1.82) is 0 Å². The normalized spacial score (nSPS) is 20.8. The van der Waals surface area contributed by atoms with E-state index in [9.17, 15) is 9.59 Å². The van der Waals surface area contributed by atoms with E-state index in [2.05, 4.69) is 26.4 Å². The van der Waals surface area contributed by atoms with Crippen molar-refractivity contribution in [2.75, 3.05) is 24.5 Å². The van der Waals surface area contributed by atoms with Crippen LogP contribution in [0.4, 0.5) is 5.69 Å². The fourth-order valence-electron chi connectivity index (χ4n) is 6.13. The summed E-state index contributed by atoms with van der Waals surface area (Å²) in [6, 6.07) is 10.1. The molecule has 2 aliphatic heterocycles. The number of nitrogens with zero attached hydrogens (tertiary/aromatic N) is 5. The first-order valence-corrected chi connectivity index (χ1v) is 13.5. The van der Waals surface area contributed by atoms with Crippen LogP contribution in [0.5, 0.6) is 0 Å². The van der Waals surface area contributed by atoms with Gasteiger partial charge in [-0.15, -0.1) is 0 Å². The maximum atomic E-state index is 13.7. The fraction of sp³-hybridized carbons (Fsp3) is 0.500. The van der Waals surface area contributed by atoms with Crippen molar-refractivity contribution >= 4 is 23.1 Å². The van der Waals surface area contributed by atoms with Crippen LogP contribution in [0.15, 0.2) is 42.7 Å². The Morgan fingerprint density at radius 1 is 0.917 bits per heavy atom. The number of hydrogen-bond donors (Lipinski definition) is 1. The lowest BCUT2D eigenvalue weighted by molar-refractivity contribution is 0.0731. The molecule has 0 radical (unpaired) electrons. The van der Waals surface area contributed by atoms with Crippen LogP contribution < -0.4 is 10.2 Å². The average Bonchev–Trinajstić information content (AvgIpc) is 3.69. The number of hydrogen-bond acceptors (Lipinski definition) is 5. The largest absolute Gasteiger partial charge is 0.372 e. The van der Waals surface area contributed by atoms with Gasteiger partial charge in [0, 0.05) is 43.1 Å². The van der Waals surface area contributed by atoms with Crippen LogP contribution in [0, 0.1) is 0 Å². The summed E-state index contributed by atoms with van der Waals surface area (Å²) in [5, 5.41) is 7.69. The molecular weight excluding hydrogens is 452 g/mol. The predicted octanol–water partition coefficient (Wildman–Crippen LogP) is 4.37. The second kappa shape index (κ2) is 9.91. The lowest BCUT2D eigenvalue weighted by Crippen LogP contribution is -2.33. The molecule has 0 bridgehead atoms. The molecule has 2 amide bonds. The standard InChI is InChI=1S/C28H34N6O2/c35-27(31-21-9-2-3-10-21)23-19-30-34-25(13-14-29-26(23)34)24-12-7-17-33(24)28(36)20-8-6-11-22(18-20)32-15-4-1-5-16-32/h6,8,11,13-14,18-19,21,24H,1-5,7,9-10,12,15-17H2,(H,31,35)/t24-/m0/s1. The summed E-state index contributed by atoms with van der Waals surface area (Å²) in [6.07, 6.45) is 13.2. The molecule has 3 aromatic rings. The smallest absolute Gasteiger partial charge is 0.256 e. The molecule has 3 aliphatic rings. The van der Waals surface area contributed by atoms with Gasteiger partial charge in [0.25, 0.3) is 11.8 Å². The van der Waals surface area contributed by atoms with E-state index in [0.717, 1.165) is 68.6 Å². The topological polar surface area (TPSA) is 82.8 Å². The van der Waals surface area contributed by atoms with Crippen molar-refractivity contribution in [3.63, 3.8) is 0 Å². The number of carbonyl (C=O) groups is 2. The zero-order valence-electron chi connectivity index (χ0n) is 20.7. The van der Waals surface area contributed by atoms with Gasteiger partial charge >= 0.3 is 0 Å². The minimum atomic E-state index is -0.115. The molecule has 1 atom stereocenters. The molecule has 36 heavy (non-hydrogen) atoms. The minimum Gasteiger partial charge on any atom is -0.372 e. The SMILES string of the molecule is O=C(NC1CCCC1)c1cnn2c([C@@H]3CCCN3C(=O)c3cccc(N4CCCCC4)c3)ccnc12. The highest BCUT2D eigenvalue weighted by Gasteiger charge is 2.33. The number of aromatic nitrogens is 3. The lowest BCUT2D eigenvalue weighted by Gasteiger charge is -2.30. The lowest BCUT2D eigenvalue weighted by atomic mass is 10.1. The average molecular weight is 487 g/mol. The third-order valence-corrected chi connectivity index (χ3v) is 8.03. The molecule has 1 aromatic carbocycles. The van der Waals surface area contributed by atoms with E-state index in [1.54, 1.807) is 16.9 Å². The predicted molar refractivity (Wildman–Crippen MR) is 138 cm³/mol. The first-order valence-electron chi connectivity index (χ1n) is 13.5. The molecule has 1 saturated carbocycles. The number of carbonyl (C=O) groups excluding carboxylic acids is 2. The highest BCUT2D eigenvalue weighted by atomic mass is 16.2. The Hall–Kier alpha value is -3.42. The second-order valence-electron chi connectivity index (χ2n) is 10.4. The summed E-state index contributed by atoms with van der Waals surface area (Å²) in [6.45, 7) is 2.81. The molecular formula is C28H34N6O2. The number of amides is 2. The van der Waals surface area contributed by atoms with Gasteiger partial charge in [-0.1, -0.05) is 18.9 Å². The Morgan fingerprint density at radius 3 is 2.58 bits per heavy atom. The maximum Gasteiger partial charge on any atom is 0.256 e. The van der Waals surface area contributed by atoms with Crippen molar-refractivity contribution in [3.05, 3.63) is 59.5 Å². The summed E-state index contributed by atoms with van der Waals surface area (Å²) >= 11 is 0. The molecule has 8 nitrogen and oxygen atoms in total. The zero-order chi connectivity index (χ0) is 24.5. The quantitative estimate of drug-likeness (QED) is 0.579. The Morgan fingerprint density at radius 2 is 1.75 bits per heavy atom. The van der Waals surface area contributed by atoms with Gasteiger partial charge in [-0.2, -0.15) is 5.10 Å². The molecule has 188 valence electrons. The molecule has 8 heteroatoms. The number of piperidine rings is 1. The van der Waals surface area contributed by atoms with E-state index in [4.69, 9.17) is 0 Å². The number of anilines is 1. The number of likely N-dealkylation sites (tertiary alicyclic amines) is 1. The van der Waals surface area contributed by atoms with Gasteiger partial charge in [0.2, 0.25) is 0 Å². The van der Waals surface area contributed by atoms with Crippen LogP contribution in [-0.4, -0.2) is 57.0 Å². The summed E-state index contributed by atoms with van der Waals surface area (Å²) in [5.74, 6) is -0.0666. The number of benzene rings is 1. The van der Waals surface area contributed by atoms with Crippen molar-refractivity contribution in [2.45, 2.75) is 69.9 Å². The summed E-state index contributed by atoms with van der Waals surface area (Å²) in [5.41, 5.74) is 3.81. The van der Waals surface area contributed by atoms with Crippen LogP contribution in [0.1, 0.15) is 90.2 Å². The summed E-state index contributed by atoms with van der Waals surface area (Å²) < 4.78 is 1.75. The van der Waals surface area contributed by atoms with Crippen LogP contribution in [0.25, 0.3) is 5.65 Å². The Bertz CT molecular complexity index is 1260. The molecule has 0 spiro atoms. The van der Waals surface area contributed by atoms with Crippen molar-refractivity contribution in [2.24, 2.45) is 0 Å². The van der Waals surface area contributed by atoms with E-state index in [1.165, 1.54) is 19.3 Å². The summed E-state index contributed by atoms with van der Waals surface area (Å²) in [4.78, 5) is 35.5. The van der Waals surface area contributed by atoms with Crippen LogP contribution >= 0.6 is 0 Å². The molecule has 2 aromatic heterocycles. The van der Waals surface area contributed by atoms with Gasteiger partial charge in [0.15, 0.2) is 5.65 Å². The molecule has 1 aliphatic carbocycles. The Balaban J connectivity index is 1.25. The van der Waals surface area contributed by atoms with Crippen LogP contribution in [-0.2, 0) is 0 Å². The Kier molecular flexibility index (Phi) is 6.34. The third-order valence-electron chi connectivity index (χ3n) is 8.03. The van der Waals surface area contributed by atoms with Gasteiger partial charge in [0.05, 0.1) is 17.9 Å². The maximum absolute atomic E-state index is 13.7. The van der Waals surface area contributed by atoms with Gasteiger partial charge in [-0.05, 0) is 69.2 Å². The molecule has 4 heterocycles. The van der Waals surface area contributed by atoms with E-state index in [-0.39, 0.29) is 23.9 Å². The van der Waals surface area contributed by atoms with Crippen LogP contribution in [0.3, 0.4) is 0 Å². The second-order valence-corrected chi connectivity index (χ2v) is 10.4. The van der Waals surface area contributed by atoms with E-state index >= 15 is 0 Å². The minimum absolute atomic E-state index is 0.0488. The third kappa shape index (κ3) is 4.33. The van der Waals surface area contributed by atoms with Gasteiger partial charge < -0.3 is 15.1 Å². The molecule has 0 unspecified atom stereocenters. The van der Waals surface area contributed by atoms with Crippen molar-refractivity contribution < 1.29 is 9.59 Å². The van der Waals surface area contributed by atoms with Crippen molar-refractivity contribution in [3.8, 4) is 0 Å². The molecule has 2 saturated heterocycles. The zero-order valence-corrected chi connectivity index (χ0v) is 20.7. The highest BCUT2D eigenvalue weighted by molar-refractivity contribution is 6.00. The fourth-order valence-corrected chi connectivity index (χ4v) is 6.13. The molecule has 3 fully saturated rings. The molecule has 1 N–H and O–H groups in total. The molecule has 6 rings (SSSR count). The van der Waals surface area contributed by atoms with E-state index in [1.807, 2.05) is 29.2 Å². The Labute approximate surface area is 211 Å². The summed E-state index contributed by atoms with van der Waals surface area (Å²) in [7, 11) is 0. The van der Waals surface area contributed by atoms with Gasteiger partial charge in [-0.25, -0.2) is 9.50 Å².